The number of carbonyl (C=O) groups is 1. The summed E-state index contributed by atoms with van der Waals surface area (Å²) in [6.07, 6.45) is 2.73. The van der Waals surface area contributed by atoms with Crippen molar-refractivity contribution in [2.24, 2.45) is 0 Å². The van der Waals surface area contributed by atoms with E-state index in [-0.39, 0.29) is 12.0 Å². The minimum absolute atomic E-state index is 0.173. The van der Waals surface area contributed by atoms with Crippen molar-refractivity contribution in [2.45, 2.75) is 37.7 Å². The quantitative estimate of drug-likeness (QED) is 0.777. The third-order valence-corrected chi connectivity index (χ3v) is 3.18. The number of carboxylic acid groups (broad SMARTS) is 1. The van der Waals surface area contributed by atoms with Crippen molar-refractivity contribution in [3.63, 3.8) is 0 Å². The average Bonchev–Trinajstić information content (AvgIpc) is 2.30. The lowest BCUT2D eigenvalue weighted by Gasteiger charge is -2.30. The van der Waals surface area contributed by atoms with E-state index in [0.717, 1.165) is 25.7 Å². The Morgan fingerprint density at radius 3 is 2.56 bits per heavy atom. The zero-order valence-electron chi connectivity index (χ0n) is 9.13. The van der Waals surface area contributed by atoms with Crippen LogP contribution in [0.2, 0.25) is 0 Å². The molecular weight excluding hydrogens is 204 g/mol. The van der Waals surface area contributed by atoms with Gasteiger partial charge in [0.05, 0.1) is 0 Å². The summed E-state index contributed by atoms with van der Waals surface area (Å²) in [5.74, 6) is 0.228. The van der Waals surface area contributed by atoms with Crippen LogP contribution < -0.4 is 0 Å². The number of hydrogen-bond donors (Lipinski definition) is 1. The van der Waals surface area contributed by atoms with Crippen LogP contribution in [0, 0.1) is 0 Å². The first-order valence-corrected chi connectivity index (χ1v) is 5.72. The van der Waals surface area contributed by atoms with Crippen LogP contribution in [-0.4, -0.2) is 17.4 Å². The van der Waals surface area contributed by atoms with Crippen LogP contribution in [0.5, 0.6) is 0 Å². The van der Waals surface area contributed by atoms with Gasteiger partial charge in [-0.3, -0.25) is 0 Å². The van der Waals surface area contributed by atoms with Gasteiger partial charge in [0.2, 0.25) is 0 Å². The van der Waals surface area contributed by atoms with Gasteiger partial charge in [-0.15, -0.1) is 0 Å². The first kappa shape index (κ1) is 11.0. The largest absolute Gasteiger partial charge is 0.506 e. The highest BCUT2D eigenvalue weighted by Crippen LogP contribution is 2.34. The Morgan fingerprint density at radius 1 is 1.19 bits per heavy atom. The van der Waals surface area contributed by atoms with E-state index in [1.54, 1.807) is 0 Å². The van der Waals surface area contributed by atoms with Gasteiger partial charge in [-0.25, -0.2) is 4.79 Å². The standard InChI is InChI=1S/C13H16O3/c14-13(15)16-12-9-5-4-8-11(12)10-6-2-1-3-7-10/h1-3,6-7,11-12H,4-5,8-9H2,(H,14,15)/t11-,12+/m0/s1. The lowest BCUT2D eigenvalue weighted by molar-refractivity contribution is 0.0250. The van der Waals surface area contributed by atoms with Gasteiger partial charge in [-0.1, -0.05) is 36.8 Å². The molecule has 3 nitrogen and oxygen atoms in total. The Morgan fingerprint density at radius 2 is 1.88 bits per heavy atom. The molecule has 3 heteroatoms. The molecule has 1 fully saturated rings. The second-order valence-electron chi connectivity index (χ2n) is 4.22. The van der Waals surface area contributed by atoms with Crippen LogP contribution in [-0.2, 0) is 4.74 Å². The van der Waals surface area contributed by atoms with Crippen molar-refractivity contribution in [2.75, 3.05) is 0 Å². The lowest BCUT2D eigenvalue weighted by Crippen LogP contribution is -2.28. The Balaban J connectivity index is 2.13. The fraction of sp³-hybridized carbons (Fsp3) is 0.462. The van der Waals surface area contributed by atoms with Crippen LogP contribution in [0.1, 0.15) is 37.2 Å². The molecule has 16 heavy (non-hydrogen) atoms. The summed E-state index contributed by atoms with van der Waals surface area (Å²) in [4.78, 5) is 10.6. The highest BCUT2D eigenvalue weighted by atomic mass is 16.7. The topological polar surface area (TPSA) is 46.5 Å². The van der Waals surface area contributed by atoms with Gasteiger partial charge in [-0.2, -0.15) is 0 Å². The maximum Gasteiger partial charge on any atom is 0.506 e. The molecule has 0 aromatic heterocycles. The summed E-state index contributed by atoms with van der Waals surface area (Å²) in [6.45, 7) is 0. The van der Waals surface area contributed by atoms with Crippen molar-refractivity contribution >= 4 is 6.16 Å². The van der Waals surface area contributed by atoms with Gasteiger partial charge in [0.1, 0.15) is 6.10 Å². The van der Waals surface area contributed by atoms with E-state index in [0.29, 0.717) is 0 Å². The lowest BCUT2D eigenvalue weighted by atomic mass is 9.81. The molecule has 1 aliphatic rings. The molecule has 0 heterocycles. The van der Waals surface area contributed by atoms with Crippen molar-refractivity contribution in [1.82, 2.24) is 0 Å². The molecule has 0 spiro atoms. The Bertz CT molecular complexity index is 347. The molecule has 0 saturated heterocycles. The summed E-state index contributed by atoms with van der Waals surface area (Å²) < 4.78 is 4.97. The van der Waals surface area contributed by atoms with E-state index in [4.69, 9.17) is 9.84 Å². The minimum atomic E-state index is -1.16. The third-order valence-electron chi connectivity index (χ3n) is 3.18. The zero-order valence-corrected chi connectivity index (χ0v) is 9.13. The summed E-state index contributed by atoms with van der Waals surface area (Å²) in [7, 11) is 0. The summed E-state index contributed by atoms with van der Waals surface area (Å²) in [5, 5.41) is 8.71. The Labute approximate surface area is 95.0 Å². The number of rotatable bonds is 2. The predicted molar refractivity (Wildman–Crippen MR) is 60.5 cm³/mol. The zero-order chi connectivity index (χ0) is 11.4. The Kier molecular flexibility index (Phi) is 3.44. The molecule has 1 aromatic rings. The minimum Gasteiger partial charge on any atom is -0.450 e. The molecule has 1 aliphatic carbocycles. The van der Waals surface area contributed by atoms with Crippen LogP contribution in [0.25, 0.3) is 0 Å². The van der Waals surface area contributed by atoms with Gasteiger partial charge in [0.25, 0.3) is 0 Å². The molecular formula is C13H16O3. The molecule has 1 saturated carbocycles. The van der Waals surface area contributed by atoms with Gasteiger partial charge >= 0.3 is 6.16 Å². The first-order valence-electron chi connectivity index (χ1n) is 5.72. The maximum atomic E-state index is 10.6. The van der Waals surface area contributed by atoms with Crippen molar-refractivity contribution in [1.29, 1.82) is 0 Å². The monoisotopic (exact) mass is 220 g/mol. The summed E-state index contributed by atoms with van der Waals surface area (Å²) >= 11 is 0. The molecule has 0 bridgehead atoms. The Hall–Kier alpha value is -1.51. The van der Waals surface area contributed by atoms with Crippen molar-refractivity contribution in [3.8, 4) is 0 Å². The molecule has 0 amide bonds. The number of hydrogen-bond acceptors (Lipinski definition) is 2. The third kappa shape index (κ3) is 2.54. The van der Waals surface area contributed by atoms with Gasteiger partial charge < -0.3 is 9.84 Å². The summed E-state index contributed by atoms with van der Waals surface area (Å²) in [6, 6.07) is 10.0. The highest BCUT2D eigenvalue weighted by molar-refractivity contribution is 5.57. The molecule has 1 aromatic carbocycles. The van der Waals surface area contributed by atoms with Crippen LogP contribution in [0.3, 0.4) is 0 Å². The fourth-order valence-corrected chi connectivity index (χ4v) is 2.45. The van der Waals surface area contributed by atoms with E-state index in [1.165, 1.54) is 5.56 Å². The smallest absolute Gasteiger partial charge is 0.450 e. The van der Waals surface area contributed by atoms with Gasteiger partial charge in [-0.05, 0) is 24.8 Å². The normalized spacial score (nSPS) is 25.0. The van der Waals surface area contributed by atoms with Crippen molar-refractivity contribution < 1.29 is 14.6 Å². The van der Waals surface area contributed by atoms with E-state index < -0.39 is 6.16 Å². The maximum absolute atomic E-state index is 10.6. The molecule has 0 aliphatic heterocycles. The molecule has 2 rings (SSSR count). The van der Waals surface area contributed by atoms with E-state index >= 15 is 0 Å². The van der Waals surface area contributed by atoms with E-state index in [9.17, 15) is 4.79 Å². The molecule has 1 N–H and O–H groups in total. The second kappa shape index (κ2) is 5.01. The van der Waals surface area contributed by atoms with Crippen LogP contribution in [0.4, 0.5) is 4.79 Å². The average molecular weight is 220 g/mol. The molecule has 86 valence electrons. The molecule has 0 unspecified atom stereocenters. The SMILES string of the molecule is O=C(O)O[C@@H]1CCCC[C@H]1c1ccccc1. The summed E-state index contributed by atoms with van der Waals surface area (Å²) in [5.41, 5.74) is 1.19. The van der Waals surface area contributed by atoms with Crippen LogP contribution in [0.15, 0.2) is 30.3 Å². The van der Waals surface area contributed by atoms with Crippen LogP contribution >= 0.6 is 0 Å². The predicted octanol–water partition coefficient (Wildman–Crippen LogP) is 3.41. The first-order chi connectivity index (χ1) is 7.77. The van der Waals surface area contributed by atoms with E-state index in [2.05, 4.69) is 0 Å². The molecule has 0 radical (unpaired) electrons. The highest BCUT2D eigenvalue weighted by Gasteiger charge is 2.29. The second-order valence-corrected chi connectivity index (χ2v) is 4.22. The van der Waals surface area contributed by atoms with Gasteiger partial charge in [0.15, 0.2) is 0 Å². The number of benzene rings is 1. The fourth-order valence-electron chi connectivity index (χ4n) is 2.45. The van der Waals surface area contributed by atoms with E-state index in [1.807, 2.05) is 30.3 Å². The van der Waals surface area contributed by atoms with Gasteiger partial charge in [0, 0.05) is 5.92 Å². The molecule has 2 atom stereocenters. The number of ether oxygens (including phenoxy) is 1. The van der Waals surface area contributed by atoms with Crippen molar-refractivity contribution in [3.05, 3.63) is 35.9 Å².